The standard InChI is InChI=1S/C73H132NO8P/c1-3-5-7-9-11-13-15-17-19-21-23-25-27-29-31-32-33-34-35-36-37-38-40-42-44-46-48-50-52-54-56-58-60-62-64-66-73(76)82-71(70-81-83(77,78)80-68-67-74)69-79-72(75)65-63-61-59-57-55-53-51-49-47-45-43-41-39-30-28-26-24-22-20-18-16-14-12-10-8-6-4-2/h5,7,11,13,16-19,22-25,28,30,71H,3-4,6,8-10,12,14-15,20-21,26-27,29,31-70,74H2,1-2H3,(H,77,78)/b7-5-,13-11-,18-16-,19-17-,24-22-,25-23-,30-28-. The molecule has 2 atom stereocenters. The van der Waals surface area contributed by atoms with Gasteiger partial charge < -0.3 is 20.1 Å². The number of carbonyl (C=O) groups is 2. The van der Waals surface area contributed by atoms with Gasteiger partial charge in [0.25, 0.3) is 0 Å². The molecule has 0 aromatic rings. The van der Waals surface area contributed by atoms with E-state index in [1.807, 2.05) is 0 Å². The molecule has 0 saturated carbocycles. The number of esters is 2. The van der Waals surface area contributed by atoms with E-state index in [1.165, 1.54) is 231 Å². The van der Waals surface area contributed by atoms with Gasteiger partial charge in [-0.05, 0) is 89.9 Å². The number of allylic oxidation sites excluding steroid dienone is 14. The Hall–Kier alpha value is -2.81. The third-order valence-corrected chi connectivity index (χ3v) is 16.2. The molecule has 9 nitrogen and oxygen atoms in total. The molecule has 0 aromatic carbocycles. The zero-order valence-electron chi connectivity index (χ0n) is 54.2. The van der Waals surface area contributed by atoms with Crippen molar-refractivity contribution in [3.63, 3.8) is 0 Å². The predicted octanol–water partition coefficient (Wildman–Crippen LogP) is 23.0. The minimum absolute atomic E-state index is 0.0524. The Morgan fingerprint density at radius 2 is 0.663 bits per heavy atom. The van der Waals surface area contributed by atoms with Gasteiger partial charge in [0, 0.05) is 19.4 Å². The molecule has 83 heavy (non-hydrogen) atoms. The number of ether oxygens (including phenoxy) is 2. The predicted molar refractivity (Wildman–Crippen MR) is 358 cm³/mol. The average Bonchev–Trinajstić information content (AvgIpc) is 3.48. The van der Waals surface area contributed by atoms with Crippen molar-refractivity contribution < 1.29 is 37.6 Å². The van der Waals surface area contributed by atoms with Crippen LogP contribution in [0.1, 0.15) is 335 Å². The van der Waals surface area contributed by atoms with Crippen molar-refractivity contribution in [1.82, 2.24) is 0 Å². The number of nitrogens with two attached hydrogens (primary N) is 1. The van der Waals surface area contributed by atoms with Crippen molar-refractivity contribution in [3.8, 4) is 0 Å². The number of phosphoric acid groups is 1. The first-order chi connectivity index (χ1) is 40.8. The zero-order chi connectivity index (χ0) is 60.1. The molecule has 3 N–H and O–H groups in total. The maximum Gasteiger partial charge on any atom is 0.472 e. The Morgan fingerprint density at radius 3 is 0.988 bits per heavy atom. The smallest absolute Gasteiger partial charge is 0.462 e. The largest absolute Gasteiger partial charge is 0.472 e. The van der Waals surface area contributed by atoms with Gasteiger partial charge in [0.1, 0.15) is 6.61 Å². The number of hydrogen-bond acceptors (Lipinski definition) is 8. The molecule has 0 fully saturated rings. The molecule has 0 amide bonds. The van der Waals surface area contributed by atoms with Crippen LogP contribution in [0.15, 0.2) is 85.1 Å². The third kappa shape index (κ3) is 68.2. The maximum absolute atomic E-state index is 12.8. The molecule has 0 spiro atoms. The highest BCUT2D eigenvalue weighted by atomic mass is 31.2. The molecule has 0 radical (unpaired) electrons. The van der Waals surface area contributed by atoms with E-state index in [2.05, 4.69) is 98.9 Å². The lowest BCUT2D eigenvalue weighted by Crippen LogP contribution is -2.29. The van der Waals surface area contributed by atoms with E-state index >= 15 is 0 Å². The molecule has 0 bridgehead atoms. The number of carbonyl (C=O) groups excluding carboxylic acids is 2. The Balaban J connectivity index is 3.84. The fraction of sp³-hybridized carbons (Fsp3) is 0.781. The van der Waals surface area contributed by atoms with E-state index in [-0.39, 0.29) is 38.6 Å². The van der Waals surface area contributed by atoms with E-state index in [0.717, 1.165) is 70.6 Å². The molecule has 0 rings (SSSR count). The van der Waals surface area contributed by atoms with Crippen LogP contribution in [0.25, 0.3) is 0 Å². The fourth-order valence-corrected chi connectivity index (χ4v) is 10.9. The Kier molecular flexibility index (Phi) is 66.0. The Morgan fingerprint density at radius 1 is 0.373 bits per heavy atom. The molecular formula is C73H132NO8P. The number of unbranched alkanes of at least 4 members (excludes halogenated alkanes) is 39. The van der Waals surface area contributed by atoms with Crippen LogP contribution in [0.2, 0.25) is 0 Å². The van der Waals surface area contributed by atoms with Crippen molar-refractivity contribution >= 4 is 19.8 Å². The van der Waals surface area contributed by atoms with Gasteiger partial charge >= 0.3 is 19.8 Å². The highest BCUT2D eigenvalue weighted by Crippen LogP contribution is 2.43. The summed E-state index contributed by atoms with van der Waals surface area (Å²) in [5.74, 6) is -0.817. The van der Waals surface area contributed by atoms with Gasteiger partial charge in [-0.2, -0.15) is 0 Å². The van der Waals surface area contributed by atoms with Gasteiger partial charge in [0.2, 0.25) is 0 Å². The SMILES string of the molecule is CC/C=C\C/C=C\C/C=C\C/C=C\CCCCCCCCCCCCCCCCCCCCCCCCC(=O)OC(COC(=O)CCCCCCCCCCCCCC/C=C\C/C=C\C/C=C\CCCCCCC)COP(=O)(O)OCCN. The molecule has 10 heteroatoms. The van der Waals surface area contributed by atoms with Crippen LogP contribution in [0.4, 0.5) is 0 Å². The van der Waals surface area contributed by atoms with E-state index in [1.54, 1.807) is 0 Å². The third-order valence-electron chi connectivity index (χ3n) is 15.3. The normalized spacial score (nSPS) is 13.4. The minimum Gasteiger partial charge on any atom is -0.462 e. The summed E-state index contributed by atoms with van der Waals surface area (Å²) in [6.07, 6.45) is 91.1. The lowest BCUT2D eigenvalue weighted by molar-refractivity contribution is -0.161. The second kappa shape index (κ2) is 68.3. The van der Waals surface area contributed by atoms with Gasteiger partial charge in [-0.15, -0.1) is 0 Å². The number of hydrogen-bond donors (Lipinski definition) is 2. The average molecular weight is 1180 g/mol. The monoisotopic (exact) mass is 1180 g/mol. The van der Waals surface area contributed by atoms with Crippen LogP contribution in [0.5, 0.6) is 0 Å². The van der Waals surface area contributed by atoms with Gasteiger partial charge in [-0.25, -0.2) is 4.57 Å². The Labute approximate surface area is 513 Å². The summed E-state index contributed by atoms with van der Waals surface area (Å²) in [7, 11) is -4.40. The van der Waals surface area contributed by atoms with E-state index in [4.69, 9.17) is 24.3 Å². The van der Waals surface area contributed by atoms with Gasteiger partial charge in [-0.1, -0.05) is 317 Å². The first kappa shape index (κ1) is 80.2. The molecule has 0 aromatic heterocycles. The lowest BCUT2D eigenvalue weighted by atomic mass is 10.0. The molecule has 0 aliphatic rings. The summed E-state index contributed by atoms with van der Waals surface area (Å²) in [6.45, 7) is 3.66. The molecule has 0 heterocycles. The van der Waals surface area contributed by atoms with Crippen LogP contribution in [0, 0.1) is 0 Å². The summed E-state index contributed by atoms with van der Waals surface area (Å²) in [5, 5.41) is 0. The van der Waals surface area contributed by atoms with Crippen molar-refractivity contribution in [2.75, 3.05) is 26.4 Å². The number of rotatable bonds is 66. The maximum atomic E-state index is 12.8. The highest BCUT2D eigenvalue weighted by Gasteiger charge is 2.26. The Bertz CT molecular complexity index is 1640. The quantitative estimate of drug-likeness (QED) is 0.0264. The first-order valence-corrected chi connectivity index (χ1v) is 36.6. The lowest BCUT2D eigenvalue weighted by Gasteiger charge is -2.19. The second-order valence-electron chi connectivity index (χ2n) is 23.4. The molecule has 0 aliphatic carbocycles. The summed E-state index contributed by atoms with van der Waals surface area (Å²) >= 11 is 0. The van der Waals surface area contributed by atoms with Crippen molar-refractivity contribution in [3.05, 3.63) is 85.1 Å². The van der Waals surface area contributed by atoms with Crippen molar-refractivity contribution in [1.29, 1.82) is 0 Å². The van der Waals surface area contributed by atoms with Crippen LogP contribution in [-0.2, 0) is 32.7 Å². The van der Waals surface area contributed by atoms with Crippen molar-refractivity contribution in [2.45, 2.75) is 341 Å². The van der Waals surface area contributed by atoms with Gasteiger partial charge in [-0.3, -0.25) is 18.6 Å². The van der Waals surface area contributed by atoms with Crippen LogP contribution >= 0.6 is 7.82 Å². The summed E-state index contributed by atoms with van der Waals surface area (Å²) in [4.78, 5) is 35.4. The first-order valence-electron chi connectivity index (χ1n) is 35.1. The molecular weight excluding hydrogens is 1050 g/mol. The van der Waals surface area contributed by atoms with Crippen LogP contribution in [0.3, 0.4) is 0 Å². The summed E-state index contributed by atoms with van der Waals surface area (Å²) < 4.78 is 33.2. The molecule has 2 unspecified atom stereocenters. The van der Waals surface area contributed by atoms with Crippen LogP contribution < -0.4 is 5.73 Å². The molecule has 0 saturated heterocycles. The van der Waals surface area contributed by atoms with E-state index in [0.29, 0.717) is 6.42 Å². The topological polar surface area (TPSA) is 134 Å². The minimum atomic E-state index is -4.40. The van der Waals surface area contributed by atoms with Gasteiger partial charge in [0.15, 0.2) is 6.10 Å². The summed E-state index contributed by atoms with van der Waals surface area (Å²) in [6, 6.07) is 0. The highest BCUT2D eigenvalue weighted by molar-refractivity contribution is 7.47. The van der Waals surface area contributed by atoms with E-state index < -0.39 is 26.5 Å². The fourth-order valence-electron chi connectivity index (χ4n) is 10.1. The van der Waals surface area contributed by atoms with Gasteiger partial charge in [0.05, 0.1) is 13.2 Å². The molecule has 482 valence electrons. The second-order valence-corrected chi connectivity index (χ2v) is 24.8. The number of phosphoric ester groups is 1. The van der Waals surface area contributed by atoms with E-state index in [9.17, 15) is 19.0 Å². The zero-order valence-corrected chi connectivity index (χ0v) is 55.1. The van der Waals surface area contributed by atoms with Crippen LogP contribution in [-0.4, -0.2) is 49.3 Å². The van der Waals surface area contributed by atoms with Crippen molar-refractivity contribution in [2.24, 2.45) is 5.73 Å². The summed E-state index contributed by atoms with van der Waals surface area (Å²) in [5.41, 5.74) is 5.40. The molecule has 0 aliphatic heterocycles.